The molecule has 1 aliphatic carbocycles. The number of carbonyl (C=O) groups is 1. The molecule has 0 aromatic carbocycles. The van der Waals surface area contributed by atoms with Gasteiger partial charge in [0.1, 0.15) is 0 Å². The monoisotopic (exact) mass is 254 g/mol. The Kier molecular flexibility index (Phi) is 4.28. The van der Waals surface area contributed by atoms with Gasteiger partial charge in [0.2, 0.25) is 5.91 Å². The topological polar surface area (TPSA) is 41.6 Å². The van der Waals surface area contributed by atoms with Gasteiger partial charge in [-0.25, -0.2) is 0 Å². The Labute approximate surface area is 110 Å². The van der Waals surface area contributed by atoms with Gasteiger partial charge in [-0.1, -0.05) is 26.7 Å². The first-order valence-corrected chi connectivity index (χ1v) is 7.27. The van der Waals surface area contributed by atoms with E-state index in [2.05, 4.69) is 19.2 Å². The molecule has 1 spiro atoms. The van der Waals surface area contributed by atoms with Crippen LogP contribution in [0, 0.1) is 5.92 Å². The third-order valence-corrected chi connectivity index (χ3v) is 4.20. The number of ether oxygens (including phenoxy) is 1. The van der Waals surface area contributed by atoms with E-state index in [1.54, 1.807) is 0 Å². The maximum absolute atomic E-state index is 12.6. The molecule has 4 heteroatoms. The molecule has 0 bridgehead atoms. The number of nitrogens with one attached hydrogen (secondary N) is 1. The van der Waals surface area contributed by atoms with Gasteiger partial charge in [-0.3, -0.25) is 10.1 Å². The van der Waals surface area contributed by atoms with Crippen molar-refractivity contribution in [3.05, 3.63) is 0 Å². The molecule has 1 saturated heterocycles. The van der Waals surface area contributed by atoms with E-state index >= 15 is 0 Å². The van der Waals surface area contributed by atoms with Crippen molar-refractivity contribution in [2.45, 2.75) is 58.2 Å². The predicted octanol–water partition coefficient (Wildman–Crippen LogP) is 1.75. The zero-order valence-corrected chi connectivity index (χ0v) is 11.9. The van der Waals surface area contributed by atoms with Crippen molar-refractivity contribution in [1.82, 2.24) is 10.2 Å². The largest absolute Gasteiger partial charge is 0.380 e. The molecule has 1 saturated carbocycles. The first-order chi connectivity index (χ1) is 8.60. The fourth-order valence-electron chi connectivity index (χ4n) is 3.24. The zero-order valence-electron chi connectivity index (χ0n) is 11.9. The molecule has 1 N–H and O–H groups in total. The van der Waals surface area contributed by atoms with E-state index in [0.717, 1.165) is 12.8 Å². The van der Waals surface area contributed by atoms with Crippen molar-refractivity contribution in [2.75, 3.05) is 19.8 Å². The lowest BCUT2D eigenvalue weighted by Gasteiger charge is -2.26. The summed E-state index contributed by atoms with van der Waals surface area (Å²) in [5.74, 6) is 0.744. The Bertz CT molecular complexity index is 298. The van der Waals surface area contributed by atoms with E-state index in [4.69, 9.17) is 4.74 Å². The number of hydrogen-bond donors (Lipinski definition) is 1. The molecule has 104 valence electrons. The molecule has 0 aromatic heterocycles. The van der Waals surface area contributed by atoms with E-state index < -0.39 is 0 Å². The van der Waals surface area contributed by atoms with Crippen molar-refractivity contribution in [2.24, 2.45) is 5.92 Å². The summed E-state index contributed by atoms with van der Waals surface area (Å²) in [6.45, 7) is 8.40. The summed E-state index contributed by atoms with van der Waals surface area (Å²) < 4.78 is 5.40. The van der Waals surface area contributed by atoms with E-state index in [9.17, 15) is 4.79 Å². The summed E-state index contributed by atoms with van der Waals surface area (Å²) in [5, 5.41) is 3.61. The van der Waals surface area contributed by atoms with Gasteiger partial charge in [0.25, 0.3) is 0 Å². The zero-order chi connectivity index (χ0) is 13.2. The normalized spacial score (nSPS) is 26.8. The smallest absolute Gasteiger partial charge is 0.244 e. The SMILES string of the molecule is CCOCCN1C(=O)C2(CCCC2)NC1C(C)C. The lowest BCUT2D eigenvalue weighted by molar-refractivity contribution is -0.134. The highest BCUT2D eigenvalue weighted by Crippen LogP contribution is 2.37. The van der Waals surface area contributed by atoms with Crippen molar-refractivity contribution in [3.8, 4) is 0 Å². The molecular weight excluding hydrogens is 228 g/mol. The van der Waals surface area contributed by atoms with E-state index in [1.807, 2.05) is 11.8 Å². The van der Waals surface area contributed by atoms with Gasteiger partial charge in [0.15, 0.2) is 0 Å². The Morgan fingerprint density at radius 1 is 1.44 bits per heavy atom. The van der Waals surface area contributed by atoms with Crippen molar-refractivity contribution < 1.29 is 9.53 Å². The van der Waals surface area contributed by atoms with Gasteiger partial charge in [0, 0.05) is 13.2 Å². The van der Waals surface area contributed by atoms with Crippen LogP contribution in [0.15, 0.2) is 0 Å². The number of hydrogen-bond acceptors (Lipinski definition) is 3. The first-order valence-electron chi connectivity index (χ1n) is 7.27. The minimum atomic E-state index is -0.249. The standard InChI is InChI=1S/C14H26N2O2/c1-4-18-10-9-16-12(11(2)3)15-14(13(16)17)7-5-6-8-14/h11-12,15H,4-10H2,1-3H3. The first kappa shape index (κ1) is 13.8. The van der Waals surface area contributed by atoms with Crippen molar-refractivity contribution in [3.63, 3.8) is 0 Å². The fourth-order valence-corrected chi connectivity index (χ4v) is 3.24. The van der Waals surface area contributed by atoms with Crippen LogP contribution in [0.4, 0.5) is 0 Å². The van der Waals surface area contributed by atoms with Gasteiger partial charge in [-0.05, 0) is 25.7 Å². The highest BCUT2D eigenvalue weighted by molar-refractivity contribution is 5.89. The van der Waals surface area contributed by atoms with Crippen LogP contribution in [-0.4, -0.2) is 42.3 Å². The van der Waals surface area contributed by atoms with Crippen LogP contribution >= 0.6 is 0 Å². The summed E-state index contributed by atoms with van der Waals surface area (Å²) in [5.41, 5.74) is -0.249. The van der Waals surface area contributed by atoms with Crippen LogP contribution < -0.4 is 5.32 Å². The average Bonchev–Trinajstić information content (AvgIpc) is 2.90. The molecule has 2 rings (SSSR count). The van der Waals surface area contributed by atoms with E-state index in [0.29, 0.717) is 31.6 Å². The average molecular weight is 254 g/mol. The van der Waals surface area contributed by atoms with Crippen LogP contribution in [0.5, 0.6) is 0 Å². The number of nitrogens with zero attached hydrogens (tertiary/aromatic N) is 1. The summed E-state index contributed by atoms with van der Waals surface area (Å²) >= 11 is 0. The van der Waals surface area contributed by atoms with Crippen molar-refractivity contribution >= 4 is 5.91 Å². The quantitative estimate of drug-likeness (QED) is 0.760. The summed E-state index contributed by atoms with van der Waals surface area (Å²) in [6, 6.07) is 0. The van der Waals surface area contributed by atoms with Crippen LogP contribution in [0.2, 0.25) is 0 Å². The number of amides is 1. The van der Waals surface area contributed by atoms with Gasteiger partial charge in [-0.15, -0.1) is 0 Å². The molecule has 4 nitrogen and oxygen atoms in total. The molecular formula is C14H26N2O2. The fraction of sp³-hybridized carbons (Fsp3) is 0.929. The molecule has 1 heterocycles. The minimum absolute atomic E-state index is 0.177. The van der Waals surface area contributed by atoms with Gasteiger partial charge >= 0.3 is 0 Å². The van der Waals surface area contributed by atoms with Crippen molar-refractivity contribution in [1.29, 1.82) is 0 Å². The molecule has 1 aliphatic heterocycles. The highest BCUT2D eigenvalue weighted by atomic mass is 16.5. The molecule has 0 radical (unpaired) electrons. The number of rotatable bonds is 5. The molecule has 2 fully saturated rings. The lowest BCUT2D eigenvalue weighted by Crippen LogP contribution is -2.45. The Hall–Kier alpha value is -0.610. The molecule has 1 atom stereocenters. The summed E-state index contributed by atoms with van der Waals surface area (Å²) in [7, 11) is 0. The lowest BCUT2D eigenvalue weighted by atomic mass is 9.98. The Balaban J connectivity index is 2.07. The third kappa shape index (κ3) is 2.41. The second kappa shape index (κ2) is 5.57. The third-order valence-electron chi connectivity index (χ3n) is 4.20. The van der Waals surface area contributed by atoms with Crippen LogP contribution in [0.25, 0.3) is 0 Å². The Morgan fingerprint density at radius 3 is 2.67 bits per heavy atom. The second-order valence-corrected chi connectivity index (χ2v) is 5.82. The van der Waals surface area contributed by atoms with Gasteiger partial charge in [-0.2, -0.15) is 0 Å². The molecule has 18 heavy (non-hydrogen) atoms. The van der Waals surface area contributed by atoms with E-state index in [1.165, 1.54) is 12.8 Å². The highest BCUT2D eigenvalue weighted by Gasteiger charge is 2.52. The van der Waals surface area contributed by atoms with Crippen LogP contribution in [0.1, 0.15) is 46.5 Å². The molecule has 2 aliphatic rings. The summed E-state index contributed by atoms with van der Waals surface area (Å²) in [4.78, 5) is 14.7. The van der Waals surface area contributed by atoms with Crippen LogP contribution in [-0.2, 0) is 9.53 Å². The maximum Gasteiger partial charge on any atom is 0.244 e. The van der Waals surface area contributed by atoms with Crippen LogP contribution in [0.3, 0.4) is 0 Å². The predicted molar refractivity (Wildman–Crippen MR) is 71.2 cm³/mol. The second-order valence-electron chi connectivity index (χ2n) is 5.82. The number of carbonyl (C=O) groups excluding carboxylic acids is 1. The van der Waals surface area contributed by atoms with Gasteiger partial charge in [0.05, 0.1) is 18.3 Å². The molecule has 1 unspecified atom stereocenters. The Morgan fingerprint density at radius 2 is 2.11 bits per heavy atom. The van der Waals surface area contributed by atoms with E-state index in [-0.39, 0.29) is 11.7 Å². The minimum Gasteiger partial charge on any atom is -0.380 e. The molecule has 0 aromatic rings. The van der Waals surface area contributed by atoms with Gasteiger partial charge < -0.3 is 9.64 Å². The summed E-state index contributed by atoms with van der Waals surface area (Å²) in [6.07, 6.45) is 4.52. The molecule has 1 amide bonds. The maximum atomic E-state index is 12.6.